The average Bonchev–Trinajstić information content (AvgIpc) is 2.60. The van der Waals surface area contributed by atoms with E-state index in [1.54, 1.807) is 18.2 Å². The first-order chi connectivity index (χ1) is 11.9. The van der Waals surface area contributed by atoms with E-state index in [0.717, 1.165) is 11.6 Å². The molecule has 0 unspecified atom stereocenters. The third-order valence-electron chi connectivity index (χ3n) is 3.59. The van der Waals surface area contributed by atoms with Crippen molar-refractivity contribution >= 4 is 17.8 Å². The number of halogens is 1. The number of esters is 1. The molecule has 5 heteroatoms. The first-order valence-corrected chi connectivity index (χ1v) is 7.74. The van der Waals surface area contributed by atoms with Crippen LogP contribution in [0.2, 0.25) is 0 Å². The molecule has 1 atom stereocenters. The van der Waals surface area contributed by atoms with Crippen LogP contribution in [0.15, 0.2) is 48.5 Å². The lowest BCUT2D eigenvalue weighted by Gasteiger charge is -2.11. The fourth-order valence-electron chi connectivity index (χ4n) is 2.17. The molecule has 0 spiro atoms. The van der Waals surface area contributed by atoms with Crippen molar-refractivity contribution in [3.05, 3.63) is 71.0 Å². The Bertz CT molecular complexity index is 794. The number of carbonyl (C=O) groups excluding carboxylic acids is 2. The van der Waals surface area contributed by atoms with Crippen molar-refractivity contribution in [3.8, 4) is 5.75 Å². The fourth-order valence-corrected chi connectivity index (χ4v) is 2.17. The minimum absolute atomic E-state index is 0.122. The first-order valence-electron chi connectivity index (χ1n) is 7.74. The SMILES string of the molecule is COc1ccc(/C=C/C(=O)O[C@@H](C)C(=O)c2ccc(C)cc2)cc1F. The maximum atomic E-state index is 13.6. The maximum Gasteiger partial charge on any atom is 0.331 e. The normalized spacial score (nSPS) is 12.0. The molecule has 0 heterocycles. The Morgan fingerprint density at radius 1 is 1.12 bits per heavy atom. The summed E-state index contributed by atoms with van der Waals surface area (Å²) in [5.41, 5.74) is 2.00. The van der Waals surface area contributed by atoms with Crippen LogP contribution in [0.3, 0.4) is 0 Å². The van der Waals surface area contributed by atoms with E-state index in [1.807, 2.05) is 19.1 Å². The van der Waals surface area contributed by atoms with Gasteiger partial charge in [0, 0.05) is 11.6 Å². The third kappa shape index (κ3) is 5.01. The van der Waals surface area contributed by atoms with E-state index in [4.69, 9.17) is 9.47 Å². The van der Waals surface area contributed by atoms with Crippen molar-refractivity contribution in [2.75, 3.05) is 7.11 Å². The van der Waals surface area contributed by atoms with E-state index in [-0.39, 0.29) is 11.5 Å². The maximum absolute atomic E-state index is 13.6. The molecule has 2 rings (SSSR count). The van der Waals surface area contributed by atoms with Crippen LogP contribution in [0.5, 0.6) is 5.75 Å². The van der Waals surface area contributed by atoms with Crippen LogP contribution in [-0.2, 0) is 9.53 Å². The van der Waals surface area contributed by atoms with E-state index in [0.29, 0.717) is 11.1 Å². The second kappa shape index (κ2) is 8.24. The van der Waals surface area contributed by atoms with Gasteiger partial charge in [0.15, 0.2) is 17.7 Å². The molecule has 130 valence electrons. The molecule has 0 aliphatic heterocycles. The number of hydrogen-bond acceptors (Lipinski definition) is 4. The summed E-state index contributed by atoms with van der Waals surface area (Å²) < 4.78 is 23.5. The van der Waals surface area contributed by atoms with Crippen molar-refractivity contribution in [1.82, 2.24) is 0 Å². The molecule has 2 aromatic carbocycles. The number of benzene rings is 2. The summed E-state index contributed by atoms with van der Waals surface area (Å²) in [7, 11) is 1.37. The predicted molar refractivity (Wildman–Crippen MR) is 93.0 cm³/mol. The van der Waals surface area contributed by atoms with Crippen molar-refractivity contribution in [2.45, 2.75) is 20.0 Å². The number of ether oxygens (including phenoxy) is 2. The molecule has 0 aromatic heterocycles. The predicted octanol–water partition coefficient (Wildman–Crippen LogP) is 3.97. The van der Waals surface area contributed by atoms with Crippen molar-refractivity contribution in [2.24, 2.45) is 0 Å². The van der Waals surface area contributed by atoms with Crippen molar-refractivity contribution < 1.29 is 23.5 Å². The Balaban J connectivity index is 1.98. The molecule has 0 aliphatic rings. The van der Waals surface area contributed by atoms with Crippen LogP contribution in [0.4, 0.5) is 4.39 Å². The van der Waals surface area contributed by atoms with E-state index in [9.17, 15) is 14.0 Å². The highest BCUT2D eigenvalue weighted by molar-refractivity contribution is 6.01. The zero-order valence-corrected chi connectivity index (χ0v) is 14.3. The van der Waals surface area contributed by atoms with Crippen LogP contribution < -0.4 is 4.74 Å². The van der Waals surface area contributed by atoms with Gasteiger partial charge in [-0.05, 0) is 37.6 Å². The number of hydrogen-bond donors (Lipinski definition) is 0. The molecule has 0 radical (unpaired) electrons. The Hall–Kier alpha value is -2.95. The van der Waals surface area contributed by atoms with Gasteiger partial charge in [-0.25, -0.2) is 9.18 Å². The largest absolute Gasteiger partial charge is 0.494 e. The average molecular weight is 342 g/mol. The number of rotatable bonds is 6. The molecule has 0 aliphatic carbocycles. The quantitative estimate of drug-likeness (QED) is 0.453. The van der Waals surface area contributed by atoms with Crippen LogP contribution in [0.1, 0.15) is 28.4 Å². The van der Waals surface area contributed by atoms with Gasteiger partial charge in [0.25, 0.3) is 0 Å². The number of aryl methyl sites for hydroxylation is 1. The van der Waals surface area contributed by atoms with Crippen LogP contribution >= 0.6 is 0 Å². The second-order valence-corrected chi connectivity index (χ2v) is 5.54. The standard InChI is InChI=1S/C20H19FO4/c1-13-4-8-16(9-5-13)20(23)14(2)25-19(22)11-7-15-6-10-18(24-3)17(21)12-15/h4-12,14H,1-3H3/b11-7+/t14-/m0/s1. The molecular formula is C20H19FO4. The lowest BCUT2D eigenvalue weighted by Crippen LogP contribution is -2.23. The molecule has 25 heavy (non-hydrogen) atoms. The molecular weight excluding hydrogens is 323 g/mol. The lowest BCUT2D eigenvalue weighted by atomic mass is 10.1. The Morgan fingerprint density at radius 2 is 1.80 bits per heavy atom. The summed E-state index contributed by atoms with van der Waals surface area (Å²) in [5.74, 6) is -1.36. The molecule has 0 saturated carbocycles. The van der Waals surface area contributed by atoms with Gasteiger partial charge in [-0.1, -0.05) is 35.9 Å². The number of ketones is 1. The van der Waals surface area contributed by atoms with E-state index >= 15 is 0 Å². The fraction of sp³-hybridized carbons (Fsp3) is 0.200. The molecule has 0 fully saturated rings. The van der Waals surface area contributed by atoms with Gasteiger partial charge in [-0.15, -0.1) is 0 Å². The topological polar surface area (TPSA) is 52.6 Å². The summed E-state index contributed by atoms with van der Waals surface area (Å²) in [5, 5.41) is 0. The number of carbonyl (C=O) groups is 2. The van der Waals surface area contributed by atoms with Gasteiger partial charge < -0.3 is 9.47 Å². The zero-order valence-electron chi connectivity index (χ0n) is 14.3. The number of methoxy groups -OCH3 is 1. The van der Waals surface area contributed by atoms with Gasteiger partial charge in [-0.3, -0.25) is 4.79 Å². The van der Waals surface area contributed by atoms with Crippen LogP contribution in [0, 0.1) is 12.7 Å². The first kappa shape index (κ1) is 18.4. The van der Waals surface area contributed by atoms with E-state index in [2.05, 4.69) is 0 Å². The van der Waals surface area contributed by atoms with Gasteiger partial charge in [0.05, 0.1) is 7.11 Å². The summed E-state index contributed by atoms with van der Waals surface area (Å²) in [6, 6.07) is 11.3. The van der Waals surface area contributed by atoms with Crippen LogP contribution in [0.25, 0.3) is 6.08 Å². The molecule has 0 N–H and O–H groups in total. The smallest absolute Gasteiger partial charge is 0.331 e. The van der Waals surface area contributed by atoms with Gasteiger partial charge >= 0.3 is 5.97 Å². The van der Waals surface area contributed by atoms with E-state index in [1.165, 1.54) is 32.2 Å². The highest BCUT2D eigenvalue weighted by atomic mass is 19.1. The minimum atomic E-state index is -0.910. The molecule has 0 amide bonds. The summed E-state index contributed by atoms with van der Waals surface area (Å²) in [6.45, 7) is 3.44. The van der Waals surface area contributed by atoms with Crippen molar-refractivity contribution in [3.63, 3.8) is 0 Å². The van der Waals surface area contributed by atoms with E-state index < -0.39 is 17.9 Å². The monoisotopic (exact) mass is 342 g/mol. The van der Waals surface area contributed by atoms with Crippen molar-refractivity contribution in [1.29, 1.82) is 0 Å². The summed E-state index contributed by atoms with van der Waals surface area (Å²) in [6.07, 6.45) is 1.65. The van der Waals surface area contributed by atoms with Gasteiger partial charge in [0.1, 0.15) is 0 Å². The number of Topliss-reactive ketones (excluding diaryl/α,β-unsaturated/α-hetero) is 1. The van der Waals surface area contributed by atoms with Gasteiger partial charge in [0.2, 0.25) is 5.78 Å². The Kier molecular flexibility index (Phi) is 6.06. The summed E-state index contributed by atoms with van der Waals surface area (Å²) in [4.78, 5) is 24.1. The molecule has 2 aromatic rings. The lowest BCUT2D eigenvalue weighted by molar-refractivity contribution is -0.140. The minimum Gasteiger partial charge on any atom is -0.494 e. The molecule has 0 saturated heterocycles. The molecule has 4 nitrogen and oxygen atoms in total. The summed E-state index contributed by atoms with van der Waals surface area (Å²) >= 11 is 0. The second-order valence-electron chi connectivity index (χ2n) is 5.54. The Morgan fingerprint density at radius 3 is 2.40 bits per heavy atom. The Labute approximate surface area is 145 Å². The molecule has 0 bridgehead atoms. The third-order valence-corrected chi connectivity index (χ3v) is 3.59. The highest BCUT2D eigenvalue weighted by Gasteiger charge is 2.18. The van der Waals surface area contributed by atoms with Gasteiger partial charge in [-0.2, -0.15) is 0 Å². The van der Waals surface area contributed by atoms with Crippen LogP contribution in [-0.4, -0.2) is 25.0 Å². The highest BCUT2D eigenvalue weighted by Crippen LogP contribution is 2.18. The zero-order chi connectivity index (χ0) is 18.4.